The minimum Gasteiger partial charge on any atom is -0.550 e. The average molecular weight is 279 g/mol. The Hall–Kier alpha value is -2.15. The summed E-state index contributed by atoms with van der Waals surface area (Å²) in [7, 11) is 1.57. The van der Waals surface area contributed by atoms with Crippen molar-refractivity contribution in [3.05, 3.63) is 18.2 Å². The number of methoxy groups -OCH3 is 1. The summed E-state index contributed by atoms with van der Waals surface area (Å²) >= 11 is 1.30. The van der Waals surface area contributed by atoms with Gasteiger partial charge in [-0.3, -0.25) is 4.79 Å². The summed E-state index contributed by atoms with van der Waals surface area (Å²) in [6, 6.07) is 5.40. The molecule has 2 aromatic rings. The minimum atomic E-state index is -1.25. The number of carboxylic acids is 1. The van der Waals surface area contributed by atoms with E-state index in [4.69, 9.17) is 4.74 Å². The number of nitrogens with zero attached hydrogens (tertiary/aromatic N) is 1. The van der Waals surface area contributed by atoms with Crippen molar-refractivity contribution in [3.8, 4) is 5.75 Å². The fraction of sp³-hybridized carbons (Fsp3) is 0.250. The van der Waals surface area contributed by atoms with E-state index in [1.54, 1.807) is 19.2 Å². The number of amides is 1. The van der Waals surface area contributed by atoms with Crippen LogP contribution in [-0.2, 0) is 9.59 Å². The number of hydrogen-bond donors (Lipinski definition) is 1. The Bertz CT molecular complexity index is 623. The van der Waals surface area contributed by atoms with E-state index in [2.05, 4.69) is 10.3 Å². The number of nitrogens with one attached hydrogen (secondary N) is 1. The standard InChI is InChI=1S/C12H12N2O4S/c1-18-7-2-3-8-9(6-7)19-12(13-8)14-10(15)4-5-11(16)17/h2-3,6H,4-5H2,1H3,(H,16,17)(H,13,14,15)/p-1. The van der Waals surface area contributed by atoms with Crippen molar-refractivity contribution in [1.82, 2.24) is 4.98 Å². The number of rotatable bonds is 5. The van der Waals surface area contributed by atoms with Crippen molar-refractivity contribution in [2.45, 2.75) is 12.8 Å². The summed E-state index contributed by atoms with van der Waals surface area (Å²) in [5, 5.41) is 13.2. The molecule has 7 heteroatoms. The lowest BCUT2D eigenvalue weighted by Gasteiger charge is -2.01. The number of hydrogen-bond acceptors (Lipinski definition) is 6. The molecule has 19 heavy (non-hydrogen) atoms. The van der Waals surface area contributed by atoms with Crippen LogP contribution in [0.2, 0.25) is 0 Å². The predicted octanol–water partition coefficient (Wildman–Crippen LogP) is 0.773. The zero-order chi connectivity index (χ0) is 13.8. The molecule has 0 saturated carbocycles. The van der Waals surface area contributed by atoms with Crippen LogP contribution in [-0.4, -0.2) is 24.0 Å². The molecule has 1 heterocycles. The van der Waals surface area contributed by atoms with E-state index in [1.807, 2.05) is 6.07 Å². The lowest BCUT2D eigenvalue weighted by atomic mass is 10.3. The summed E-state index contributed by atoms with van der Waals surface area (Å²) < 4.78 is 5.98. The van der Waals surface area contributed by atoms with Gasteiger partial charge in [0.2, 0.25) is 5.91 Å². The molecule has 1 N–H and O–H groups in total. The zero-order valence-electron chi connectivity index (χ0n) is 10.1. The second-order valence-electron chi connectivity index (χ2n) is 3.77. The maximum atomic E-state index is 11.5. The molecule has 0 aliphatic heterocycles. The Balaban J connectivity index is 2.08. The lowest BCUT2D eigenvalue weighted by Crippen LogP contribution is -2.24. The van der Waals surface area contributed by atoms with Gasteiger partial charge in [0, 0.05) is 12.4 Å². The molecule has 1 aromatic heterocycles. The third-order valence-electron chi connectivity index (χ3n) is 2.40. The zero-order valence-corrected chi connectivity index (χ0v) is 11.0. The number of aromatic nitrogens is 1. The third kappa shape index (κ3) is 3.41. The van der Waals surface area contributed by atoms with Gasteiger partial charge in [-0.25, -0.2) is 4.98 Å². The second-order valence-corrected chi connectivity index (χ2v) is 4.80. The first kappa shape index (κ1) is 13.3. The number of carbonyl (C=O) groups excluding carboxylic acids is 2. The van der Waals surface area contributed by atoms with Gasteiger partial charge in [0.1, 0.15) is 5.75 Å². The van der Waals surface area contributed by atoms with Crippen molar-refractivity contribution >= 4 is 38.6 Å². The number of aliphatic carboxylic acids is 1. The summed E-state index contributed by atoms with van der Waals surface area (Å²) in [6.07, 6.45) is -0.424. The van der Waals surface area contributed by atoms with Gasteiger partial charge in [0.25, 0.3) is 0 Å². The molecule has 0 fully saturated rings. The van der Waals surface area contributed by atoms with E-state index in [1.165, 1.54) is 11.3 Å². The van der Waals surface area contributed by atoms with Crippen LogP contribution in [0.5, 0.6) is 5.75 Å². The quantitative estimate of drug-likeness (QED) is 0.873. The summed E-state index contributed by atoms with van der Waals surface area (Å²) in [4.78, 5) is 25.9. The largest absolute Gasteiger partial charge is 0.550 e. The molecule has 0 aliphatic rings. The molecule has 6 nitrogen and oxygen atoms in total. The van der Waals surface area contributed by atoms with Crippen LogP contribution >= 0.6 is 11.3 Å². The van der Waals surface area contributed by atoms with Crippen molar-refractivity contribution in [3.63, 3.8) is 0 Å². The number of ether oxygens (including phenoxy) is 1. The van der Waals surface area contributed by atoms with Gasteiger partial charge >= 0.3 is 0 Å². The highest BCUT2D eigenvalue weighted by Gasteiger charge is 2.08. The molecule has 1 amide bonds. The molecule has 0 spiro atoms. The monoisotopic (exact) mass is 279 g/mol. The maximum Gasteiger partial charge on any atom is 0.226 e. The van der Waals surface area contributed by atoms with Crippen LogP contribution in [0.15, 0.2) is 18.2 Å². The molecule has 0 bridgehead atoms. The van der Waals surface area contributed by atoms with Gasteiger partial charge in [-0.1, -0.05) is 11.3 Å². The highest BCUT2D eigenvalue weighted by atomic mass is 32.1. The van der Waals surface area contributed by atoms with Crippen LogP contribution in [0.1, 0.15) is 12.8 Å². The number of thiazole rings is 1. The molecule has 0 unspecified atom stereocenters. The van der Waals surface area contributed by atoms with Gasteiger partial charge in [-0.2, -0.15) is 0 Å². The fourth-order valence-electron chi connectivity index (χ4n) is 1.48. The van der Waals surface area contributed by atoms with Gasteiger partial charge in [0.15, 0.2) is 5.13 Å². The summed E-state index contributed by atoms with van der Waals surface area (Å²) in [5.41, 5.74) is 0.751. The molecule has 0 aliphatic carbocycles. The first-order chi connectivity index (χ1) is 9.08. The van der Waals surface area contributed by atoms with E-state index in [-0.39, 0.29) is 12.8 Å². The number of fused-ring (bicyclic) bond motifs is 1. The van der Waals surface area contributed by atoms with Gasteiger partial charge in [0.05, 0.1) is 17.3 Å². The Morgan fingerprint density at radius 2 is 2.21 bits per heavy atom. The van der Waals surface area contributed by atoms with Crippen molar-refractivity contribution in [2.75, 3.05) is 12.4 Å². The third-order valence-corrected chi connectivity index (χ3v) is 3.33. The molecule has 0 atom stereocenters. The van der Waals surface area contributed by atoms with Crippen molar-refractivity contribution < 1.29 is 19.4 Å². The SMILES string of the molecule is COc1ccc2nc(NC(=O)CCC(=O)[O-])sc2c1. The smallest absolute Gasteiger partial charge is 0.226 e. The minimum absolute atomic E-state index is 0.123. The van der Waals surface area contributed by atoms with Gasteiger partial charge in [-0.15, -0.1) is 0 Å². The van der Waals surface area contributed by atoms with Crippen LogP contribution in [0.25, 0.3) is 10.2 Å². The molecule has 2 rings (SSSR count). The highest BCUT2D eigenvalue weighted by molar-refractivity contribution is 7.22. The van der Waals surface area contributed by atoms with E-state index in [9.17, 15) is 14.7 Å². The van der Waals surface area contributed by atoms with E-state index >= 15 is 0 Å². The first-order valence-electron chi connectivity index (χ1n) is 5.53. The molecular weight excluding hydrogens is 268 g/mol. The van der Waals surface area contributed by atoms with E-state index in [0.717, 1.165) is 10.2 Å². The van der Waals surface area contributed by atoms with Crippen LogP contribution in [0.3, 0.4) is 0 Å². The normalized spacial score (nSPS) is 10.4. The number of carboxylic acid groups (broad SMARTS) is 1. The Kier molecular flexibility index (Phi) is 3.96. The van der Waals surface area contributed by atoms with Gasteiger partial charge < -0.3 is 20.0 Å². The average Bonchev–Trinajstić information content (AvgIpc) is 2.77. The number of anilines is 1. The molecular formula is C12H11N2O4S-. The Morgan fingerprint density at radius 1 is 1.42 bits per heavy atom. The van der Waals surface area contributed by atoms with Crippen molar-refractivity contribution in [2.24, 2.45) is 0 Å². The fourth-order valence-corrected chi connectivity index (χ4v) is 2.39. The van der Waals surface area contributed by atoms with Crippen LogP contribution in [0, 0.1) is 0 Å². The maximum absolute atomic E-state index is 11.5. The number of benzene rings is 1. The highest BCUT2D eigenvalue weighted by Crippen LogP contribution is 2.29. The Morgan fingerprint density at radius 3 is 2.89 bits per heavy atom. The first-order valence-corrected chi connectivity index (χ1v) is 6.34. The van der Waals surface area contributed by atoms with Crippen LogP contribution in [0.4, 0.5) is 5.13 Å². The van der Waals surface area contributed by atoms with Crippen molar-refractivity contribution in [1.29, 1.82) is 0 Å². The predicted molar refractivity (Wildman–Crippen MR) is 69.0 cm³/mol. The summed E-state index contributed by atoms with van der Waals surface area (Å²) in [6.45, 7) is 0. The van der Waals surface area contributed by atoms with E-state index in [0.29, 0.717) is 10.9 Å². The van der Waals surface area contributed by atoms with E-state index < -0.39 is 11.9 Å². The number of carbonyl (C=O) groups is 2. The Labute approximate surface area is 113 Å². The molecule has 0 radical (unpaired) electrons. The molecule has 0 saturated heterocycles. The topological polar surface area (TPSA) is 91.3 Å². The molecule has 1 aromatic carbocycles. The summed E-state index contributed by atoms with van der Waals surface area (Å²) in [5.74, 6) is -0.926. The molecule has 100 valence electrons. The second kappa shape index (κ2) is 5.66. The van der Waals surface area contributed by atoms with Gasteiger partial charge in [-0.05, 0) is 24.6 Å². The lowest BCUT2D eigenvalue weighted by molar-refractivity contribution is -0.305. The van der Waals surface area contributed by atoms with Crippen LogP contribution < -0.4 is 15.2 Å².